The molecule has 1 N–H and O–H groups in total. The molecule has 0 spiro atoms. The lowest BCUT2D eigenvalue weighted by Crippen LogP contribution is -2.42. The summed E-state index contributed by atoms with van der Waals surface area (Å²) >= 11 is 0. The van der Waals surface area contributed by atoms with Crippen molar-refractivity contribution < 1.29 is 9.84 Å². The molecule has 20 heavy (non-hydrogen) atoms. The molecule has 4 nitrogen and oxygen atoms in total. The summed E-state index contributed by atoms with van der Waals surface area (Å²) in [7, 11) is 1.58. The molecule has 0 bridgehead atoms. The minimum absolute atomic E-state index is 0.259. The van der Waals surface area contributed by atoms with E-state index < -0.39 is 0 Å². The summed E-state index contributed by atoms with van der Waals surface area (Å²) in [6.45, 7) is 4.22. The number of aliphatic hydroxyl groups is 1. The third-order valence-corrected chi connectivity index (χ3v) is 4.14. The third-order valence-electron chi connectivity index (χ3n) is 4.14. The Labute approximate surface area is 120 Å². The molecule has 1 aliphatic rings. The van der Waals surface area contributed by atoms with E-state index in [2.05, 4.69) is 17.9 Å². The Hall–Kier alpha value is -1.57. The van der Waals surface area contributed by atoms with Crippen LogP contribution in [0, 0.1) is 17.2 Å². The Morgan fingerprint density at radius 3 is 2.90 bits per heavy atom. The third kappa shape index (κ3) is 3.30. The van der Waals surface area contributed by atoms with Crippen molar-refractivity contribution in [2.45, 2.75) is 32.4 Å². The number of piperidine rings is 1. The van der Waals surface area contributed by atoms with Crippen LogP contribution in [0.2, 0.25) is 0 Å². The summed E-state index contributed by atoms with van der Waals surface area (Å²) in [5, 5.41) is 18.5. The number of ether oxygens (including phenoxy) is 1. The molecule has 0 saturated carbocycles. The Morgan fingerprint density at radius 2 is 2.25 bits per heavy atom. The molecular weight excluding hydrogens is 252 g/mol. The van der Waals surface area contributed by atoms with Gasteiger partial charge in [-0.05, 0) is 43.4 Å². The van der Waals surface area contributed by atoms with E-state index in [1.165, 1.54) is 0 Å². The smallest absolute Gasteiger partial charge is 0.136 e. The van der Waals surface area contributed by atoms with Crippen LogP contribution in [0.1, 0.15) is 30.9 Å². The number of hydrogen-bond donors (Lipinski definition) is 1. The number of benzene rings is 1. The molecule has 0 amide bonds. The second kappa shape index (κ2) is 6.74. The zero-order valence-electron chi connectivity index (χ0n) is 12.2. The van der Waals surface area contributed by atoms with Crippen molar-refractivity contribution in [2.75, 3.05) is 20.3 Å². The van der Waals surface area contributed by atoms with Gasteiger partial charge in [0, 0.05) is 25.7 Å². The lowest BCUT2D eigenvalue weighted by Gasteiger charge is -2.37. The average molecular weight is 274 g/mol. The molecule has 0 aliphatic carbocycles. The highest BCUT2D eigenvalue weighted by molar-refractivity contribution is 5.45. The molecule has 4 heteroatoms. The first-order chi connectivity index (χ1) is 9.67. The summed E-state index contributed by atoms with van der Waals surface area (Å²) < 4.78 is 5.17. The number of aliphatic hydroxyl groups excluding tert-OH is 1. The van der Waals surface area contributed by atoms with Gasteiger partial charge in [0.25, 0.3) is 0 Å². The molecule has 1 fully saturated rings. The van der Waals surface area contributed by atoms with Gasteiger partial charge in [0.15, 0.2) is 0 Å². The fourth-order valence-electron chi connectivity index (χ4n) is 2.81. The number of rotatable bonds is 4. The number of nitriles is 1. The molecule has 108 valence electrons. The minimum atomic E-state index is 0.259. The van der Waals surface area contributed by atoms with Crippen molar-refractivity contribution in [1.29, 1.82) is 5.26 Å². The molecule has 2 rings (SSSR count). The fourth-order valence-corrected chi connectivity index (χ4v) is 2.81. The van der Waals surface area contributed by atoms with Gasteiger partial charge in [-0.2, -0.15) is 5.26 Å². The van der Waals surface area contributed by atoms with Gasteiger partial charge in [0.1, 0.15) is 11.8 Å². The lowest BCUT2D eigenvalue weighted by molar-refractivity contribution is 0.0771. The van der Waals surface area contributed by atoms with E-state index in [4.69, 9.17) is 10.00 Å². The lowest BCUT2D eigenvalue weighted by atomic mass is 9.93. The van der Waals surface area contributed by atoms with E-state index in [1.807, 2.05) is 18.2 Å². The SMILES string of the molecule is COc1ccc(CN2CC(CO)CCC2C)cc1C#N. The van der Waals surface area contributed by atoms with E-state index in [-0.39, 0.29) is 6.61 Å². The first kappa shape index (κ1) is 14.8. The van der Waals surface area contributed by atoms with Crippen molar-refractivity contribution in [3.8, 4) is 11.8 Å². The molecule has 0 aromatic heterocycles. The van der Waals surface area contributed by atoms with Crippen LogP contribution in [0.3, 0.4) is 0 Å². The molecule has 1 heterocycles. The Bertz CT molecular complexity index is 496. The maximum atomic E-state index is 9.33. The Kier molecular flexibility index (Phi) is 4.99. The van der Waals surface area contributed by atoms with Crippen LogP contribution in [0.4, 0.5) is 0 Å². The van der Waals surface area contributed by atoms with Crippen molar-refractivity contribution >= 4 is 0 Å². The molecule has 1 aliphatic heterocycles. The second-order valence-electron chi connectivity index (χ2n) is 5.55. The molecule has 2 atom stereocenters. The zero-order valence-corrected chi connectivity index (χ0v) is 12.2. The van der Waals surface area contributed by atoms with Gasteiger partial charge in [-0.15, -0.1) is 0 Å². The van der Waals surface area contributed by atoms with Crippen LogP contribution in [0.5, 0.6) is 5.75 Å². The number of likely N-dealkylation sites (tertiary alicyclic amines) is 1. The van der Waals surface area contributed by atoms with Gasteiger partial charge in [0.05, 0.1) is 12.7 Å². The van der Waals surface area contributed by atoms with E-state index in [0.717, 1.165) is 31.5 Å². The van der Waals surface area contributed by atoms with Crippen LogP contribution < -0.4 is 4.74 Å². The van der Waals surface area contributed by atoms with Gasteiger partial charge in [-0.25, -0.2) is 0 Å². The number of nitrogens with zero attached hydrogens (tertiary/aromatic N) is 2. The van der Waals surface area contributed by atoms with Crippen LogP contribution in [0.25, 0.3) is 0 Å². The van der Waals surface area contributed by atoms with Crippen molar-refractivity contribution in [3.05, 3.63) is 29.3 Å². The summed E-state index contributed by atoms with van der Waals surface area (Å²) in [5.41, 5.74) is 1.70. The molecule has 1 aromatic rings. The van der Waals surface area contributed by atoms with Gasteiger partial charge >= 0.3 is 0 Å². The van der Waals surface area contributed by atoms with E-state index in [9.17, 15) is 5.11 Å². The zero-order chi connectivity index (χ0) is 14.5. The maximum absolute atomic E-state index is 9.33. The molecule has 0 radical (unpaired) electrons. The van der Waals surface area contributed by atoms with Crippen LogP contribution in [-0.4, -0.2) is 36.3 Å². The van der Waals surface area contributed by atoms with Crippen molar-refractivity contribution in [2.24, 2.45) is 5.92 Å². The van der Waals surface area contributed by atoms with Gasteiger partial charge in [-0.1, -0.05) is 6.07 Å². The second-order valence-corrected chi connectivity index (χ2v) is 5.55. The van der Waals surface area contributed by atoms with Crippen molar-refractivity contribution in [3.63, 3.8) is 0 Å². The summed E-state index contributed by atoms with van der Waals surface area (Å²) in [6.07, 6.45) is 2.21. The van der Waals surface area contributed by atoms with E-state index in [1.54, 1.807) is 7.11 Å². The molecular formula is C16H22N2O2. The van der Waals surface area contributed by atoms with Gasteiger partial charge in [0.2, 0.25) is 0 Å². The van der Waals surface area contributed by atoms with Crippen LogP contribution >= 0.6 is 0 Å². The highest BCUT2D eigenvalue weighted by Gasteiger charge is 2.25. The maximum Gasteiger partial charge on any atom is 0.136 e. The van der Waals surface area contributed by atoms with Crippen molar-refractivity contribution in [1.82, 2.24) is 4.90 Å². The predicted octanol–water partition coefficient (Wildman–Crippen LogP) is 2.16. The number of hydrogen-bond acceptors (Lipinski definition) is 4. The minimum Gasteiger partial charge on any atom is -0.495 e. The van der Waals surface area contributed by atoms with E-state index in [0.29, 0.717) is 23.3 Å². The van der Waals surface area contributed by atoms with Gasteiger partial charge in [-0.3, -0.25) is 4.90 Å². The normalized spacial score (nSPS) is 23.3. The largest absolute Gasteiger partial charge is 0.495 e. The topological polar surface area (TPSA) is 56.5 Å². The quantitative estimate of drug-likeness (QED) is 0.914. The Morgan fingerprint density at radius 1 is 1.45 bits per heavy atom. The average Bonchev–Trinajstić information content (AvgIpc) is 2.49. The van der Waals surface area contributed by atoms with Crippen LogP contribution in [0.15, 0.2) is 18.2 Å². The standard InChI is InChI=1S/C16H22N2O2/c1-12-3-4-14(11-19)10-18(12)9-13-5-6-16(20-2)15(7-13)8-17/h5-7,12,14,19H,3-4,9-11H2,1-2H3. The molecule has 1 aromatic carbocycles. The Balaban J connectivity index is 2.11. The summed E-state index contributed by atoms with van der Waals surface area (Å²) in [6, 6.07) is 8.45. The monoisotopic (exact) mass is 274 g/mol. The highest BCUT2D eigenvalue weighted by atomic mass is 16.5. The number of methoxy groups -OCH3 is 1. The summed E-state index contributed by atoms with van der Waals surface area (Å²) in [4.78, 5) is 2.38. The molecule has 2 unspecified atom stereocenters. The fraction of sp³-hybridized carbons (Fsp3) is 0.562. The first-order valence-electron chi connectivity index (χ1n) is 7.09. The molecule has 1 saturated heterocycles. The first-order valence-corrected chi connectivity index (χ1v) is 7.09. The van der Waals surface area contributed by atoms with E-state index >= 15 is 0 Å². The predicted molar refractivity (Wildman–Crippen MR) is 77.4 cm³/mol. The van der Waals surface area contributed by atoms with Crippen LogP contribution in [-0.2, 0) is 6.54 Å². The van der Waals surface area contributed by atoms with Gasteiger partial charge < -0.3 is 9.84 Å². The summed E-state index contributed by atoms with van der Waals surface area (Å²) in [5.74, 6) is 0.996. The highest BCUT2D eigenvalue weighted by Crippen LogP contribution is 2.25.